The zero-order chi connectivity index (χ0) is 30.9. The Hall–Kier alpha value is -3.15. The molecule has 3 aromatic rings. The number of hydrogen-bond donors (Lipinski definition) is 4. The summed E-state index contributed by atoms with van der Waals surface area (Å²) >= 11 is 5.96. The number of carbonyl (C=O) groups is 1. The lowest BCUT2D eigenvalue weighted by Crippen LogP contribution is -2.33. The molecular weight excluding hydrogens is 588 g/mol. The molecule has 0 spiro atoms. The molecule has 10 nitrogen and oxygen atoms in total. The Bertz CT molecular complexity index is 1470. The molecule has 0 bridgehead atoms. The Morgan fingerprint density at radius 2 is 1.63 bits per heavy atom. The number of hydrogen-bond acceptors (Lipinski definition) is 8. The van der Waals surface area contributed by atoms with Gasteiger partial charge in [-0.15, -0.1) is 0 Å². The van der Waals surface area contributed by atoms with E-state index in [1.54, 1.807) is 18.2 Å². The largest absolute Gasteiger partial charge is 0.444 e. The molecule has 1 saturated carbocycles. The average molecular weight is 631 g/mol. The second kappa shape index (κ2) is 15.0. The predicted molar refractivity (Wildman–Crippen MR) is 172 cm³/mol. The summed E-state index contributed by atoms with van der Waals surface area (Å²) < 4.78 is 33.3. The summed E-state index contributed by atoms with van der Waals surface area (Å²) in [6.45, 7) is 7.97. The molecule has 0 radical (unpaired) electrons. The van der Waals surface area contributed by atoms with Crippen LogP contribution in [0, 0.1) is 11.8 Å². The summed E-state index contributed by atoms with van der Waals surface area (Å²) in [4.78, 5) is 21.5. The Labute approximate surface area is 259 Å². The van der Waals surface area contributed by atoms with Crippen LogP contribution in [0.25, 0.3) is 10.9 Å². The molecule has 234 valence electrons. The van der Waals surface area contributed by atoms with Crippen LogP contribution in [-0.2, 0) is 14.8 Å². The van der Waals surface area contributed by atoms with E-state index in [1.165, 1.54) is 6.07 Å². The summed E-state index contributed by atoms with van der Waals surface area (Å²) in [5.41, 5.74) is 0.358. The van der Waals surface area contributed by atoms with Crippen LogP contribution in [0.1, 0.15) is 59.3 Å². The summed E-state index contributed by atoms with van der Waals surface area (Å²) in [5, 5.41) is 11.0. The third kappa shape index (κ3) is 10.5. The molecule has 1 amide bonds. The number of aromatic nitrogens is 2. The number of carbonyl (C=O) groups excluding carboxylic acids is 1. The molecule has 12 heteroatoms. The number of benzene rings is 2. The number of rotatable bonds is 13. The fourth-order valence-electron chi connectivity index (χ4n) is 5.07. The first-order chi connectivity index (χ1) is 20.5. The Kier molecular flexibility index (Phi) is 11.5. The van der Waals surface area contributed by atoms with Gasteiger partial charge in [0.2, 0.25) is 16.0 Å². The molecule has 43 heavy (non-hydrogen) atoms. The van der Waals surface area contributed by atoms with E-state index in [9.17, 15) is 13.2 Å². The minimum atomic E-state index is -3.58. The number of sulfonamides is 1. The number of ether oxygens (including phenoxy) is 1. The van der Waals surface area contributed by atoms with Crippen LogP contribution in [-0.4, -0.2) is 56.3 Å². The van der Waals surface area contributed by atoms with Gasteiger partial charge in [-0.3, -0.25) is 0 Å². The Morgan fingerprint density at radius 1 is 0.930 bits per heavy atom. The number of alkyl carbamates (subject to hydrolysis) is 1. The first kappa shape index (κ1) is 32.8. The molecule has 0 atom stereocenters. The third-order valence-electron chi connectivity index (χ3n) is 7.35. The van der Waals surface area contributed by atoms with Gasteiger partial charge in [0.1, 0.15) is 11.4 Å². The number of para-hydroxylation sites is 1. The number of fused-ring (bicyclic) bond motifs is 1. The minimum Gasteiger partial charge on any atom is -0.444 e. The number of halogens is 1. The molecule has 2 aromatic carbocycles. The first-order valence-corrected chi connectivity index (χ1v) is 16.8. The minimum absolute atomic E-state index is 0.192. The summed E-state index contributed by atoms with van der Waals surface area (Å²) in [6.07, 6.45) is 5.20. The van der Waals surface area contributed by atoms with Crippen molar-refractivity contribution in [2.45, 2.75) is 69.8 Å². The van der Waals surface area contributed by atoms with Gasteiger partial charge in [0, 0.05) is 36.6 Å². The van der Waals surface area contributed by atoms with Gasteiger partial charge in [0.05, 0.1) is 10.4 Å². The van der Waals surface area contributed by atoms with E-state index < -0.39 is 21.7 Å². The summed E-state index contributed by atoms with van der Waals surface area (Å²) in [6, 6.07) is 14.3. The van der Waals surface area contributed by atoms with Crippen molar-refractivity contribution in [1.29, 1.82) is 0 Å². The SMILES string of the molecule is CC(C)(C)OC(=O)NCCCCNc1nc(NC[C@H]2CC[C@H](CNS(=O)(=O)c3cccc(Cl)c3)CC2)nc2ccccc12. The molecule has 1 heterocycles. The lowest BCUT2D eigenvalue weighted by Gasteiger charge is -2.28. The summed E-state index contributed by atoms with van der Waals surface area (Å²) in [7, 11) is -3.58. The molecule has 0 unspecified atom stereocenters. The van der Waals surface area contributed by atoms with E-state index in [4.69, 9.17) is 26.3 Å². The second-order valence-corrected chi connectivity index (χ2v) is 14.3. The molecule has 1 aromatic heterocycles. The van der Waals surface area contributed by atoms with Crippen molar-refractivity contribution in [2.75, 3.05) is 36.8 Å². The molecule has 1 fully saturated rings. The summed E-state index contributed by atoms with van der Waals surface area (Å²) in [5.74, 6) is 2.13. The number of anilines is 2. The van der Waals surface area contributed by atoms with E-state index >= 15 is 0 Å². The van der Waals surface area contributed by atoms with Gasteiger partial charge >= 0.3 is 6.09 Å². The number of nitrogens with one attached hydrogen (secondary N) is 4. The Balaban J connectivity index is 1.22. The van der Waals surface area contributed by atoms with Crippen LogP contribution in [0.5, 0.6) is 0 Å². The fourth-order valence-corrected chi connectivity index (χ4v) is 6.49. The van der Waals surface area contributed by atoms with Gasteiger partial charge in [-0.2, -0.15) is 4.98 Å². The van der Waals surface area contributed by atoms with Gasteiger partial charge in [-0.1, -0.05) is 29.8 Å². The predicted octanol–water partition coefficient (Wildman–Crippen LogP) is 6.20. The third-order valence-corrected chi connectivity index (χ3v) is 9.01. The highest BCUT2D eigenvalue weighted by Crippen LogP contribution is 2.29. The maximum Gasteiger partial charge on any atom is 0.407 e. The zero-order valence-corrected chi connectivity index (χ0v) is 26.7. The second-order valence-electron chi connectivity index (χ2n) is 12.1. The van der Waals surface area contributed by atoms with Gasteiger partial charge in [0.25, 0.3) is 0 Å². The van der Waals surface area contributed by atoms with E-state index in [1.807, 2.05) is 45.0 Å². The van der Waals surface area contributed by atoms with Crippen molar-refractivity contribution >= 4 is 50.4 Å². The van der Waals surface area contributed by atoms with Crippen molar-refractivity contribution in [2.24, 2.45) is 11.8 Å². The number of unbranched alkanes of at least 4 members (excludes halogenated alkanes) is 1. The van der Waals surface area contributed by atoms with Gasteiger partial charge in [0.15, 0.2) is 0 Å². The van der Waals surface area contributed by atoms with Gasteiger partial charge in [-0.25, -0.2) is 22.9 Å². The average Bonchev–Trinajstić information content (AvgIpc) is 2.96. The quantitative estimate of drug-likeness (QED) is 0.164. The van der Waals surface area contributed by atoms with Crippen LogP contribution in [0.4, 0.5) is 16.6 Å². The maximum absolute atomic E-state index is 12.6. The van der Waals surface area contributed by atoms with Crippen molar-refractivity contribution in [1.82, 2.24) is 20.0 Å². The van der Waals surface area contributed by atoms with Crippen LogP contribution in [0.3, 0.4) is 0 Å². The molecule has 1 aliphatic carbocycles. The molecule has 0 saturated heterocycles. The molecule has 4 rings (SSSR count). The van der Waals surface area contributed by atoms with Crippen molar-refractivity contribution in [3.63, 3.8) is 0 Å². The number of amides is 1. The van der Waals surface area contributed by atoms with Crippen molar-refractivity contribution in [3.05, 3.63) is 53.6 Å². The monoisotopic (exact) mass is 630 g/mol. The molecular formula is C31H43ClN6O4S. The van der Waals surface area contributed by atoms with Crippen LogP contribution >= 0.6 is 11.6 Å². The smallest absolute Gasteiger partial charge is 0.407 e. The van der Waals surface area contributed by atoms with Crippen LogP contribution < -0.4 is 20.7 Å². The van der Waals surface area contributed by atoms with Crippen molar-refractivity contribution < 1.29 is 17.9 Å². The highest BCUT2D eigenvalue weighted by atomic mass is 35.5. The normalized spacial score (nSPS) is 17.4. The van der Waals surface area contributed by atoms with E-state index in [2.05, 4.69) is 20.7 Å². The molecule has 4 N–H and O–H groups in total. The first-order valence-electron chi connectivity index (χ1n) is 14.9. The maximum atomic E-state index is 12.6. The number of nitrogens with zero attached hydrogens (tertiary/aromatic N) is 2. The van der Waals surface area contributed by atoms with E-state index in [0.717, 1.165) is 61.8 Å². The lowest BCUT2D eigenvalue weighted by atomic mass is 9.82. The molecule has 0 aliphatic heterocycles. The van der Waals surface area contributed by atoms with E-state index in [-0.39, 0.29) is 4.90 Å². The Morgan fingerprint density at radius 3 is 2.35 bits per heavy atom. The van der Waals surface area contributed by atoms with E-state index in [0.29, 0.717) is 42.4 Å². The lowest BCUT2D eigenvalue weighted by molar-refractivity contribution is 0.0527. The van der Waals surface area contributed by atoms with Crippen LogP contribution in [0.15, 0.2) is 53.4 Å². The highest BCUT2D eigenvalue weighted by molar-refractivity contribution is 7.89. The van der Waals surface area contributed by atoms with Crippen LogP contribution in [0.2, 0.25) is 5.02 Å². The fraction of sp³-hybridized carbons (Fsp3) is 0.516. The van der Waals surface area contributed by atoms with Gasteiger partial charge in [-0.05, 0) is 101 Å². The zero-order valence-electron chi connectivity index (χ0n) is 25.2. The standard InChI is InChI=1S/C31H43ClN6O4S/c1-31(2,3)42-30(39)34-18-7-6-17-33-28-26-11-4-5-12-27(26)37-29(38-28)35-20-22-13-15-23(16-14-22)21-36-43(40,41)25-10-8-9-24(32)19-25/h4-5,8-12,19,22-23,36H,6-7,13-18,20-21H2,1-3H3,(H,34,39)(H2,33,35,37,38)/t22-,23-. The molecule has 1 aliphatic rings. The highest BCUT2D eigenvalue weighted by Gasteiger charge is 2.24. The van der Waals surface area contributed by atoms with Crippen molar-refractivity contribution in [3.8, 4) is 0 Å². The topological polar surface area (TPSA) is 134 Å². The van der Waals surface area contributed by atoms with Gasteiger partial charge < -0.3 is 20.7 Å².